The third-order valence-corrected chi connectivity index (χ3v) is 1.62. The van der Waals surface area contributed by atoms with Crippen LogP contribution < -0.4 is 11.1 Å². The zero-order chi connectivity index (χ0) is 9.52. The van der Waals surface area contributed by atoms with Crippen LogP contribution in [0.25, 0.3) is 0 Å². The summed E-state index contributed by atoms with van der Waals surface area (Å²) < 4.78 is 0. The van der Waals surface area contributed by atoms with E-state index in [9.17, 15) is 4.79 Å². The van der Waals surface area contributed by atoms with Gasteiger partial charge in [0.05, 0.1) is 6.54 Å². The first-order chi connectivity index (χ1) is 6.29. The molecule has 4 N–H and O–H groups in total. The van der Waals surface area contributed by atoms with Crippen LogP contribution in [0.4, 0.5) is 0 Å². The van der Waals surface area contributed by atoms with E-state index in [2.05, 4.69) is 15.3 Å². The van der Waals surface area contributed by atoms with Crippen LogP contribution in [0.1, 0.15) is 12.2 Å². The van der Waals surface area contributed by atoms with Gasteiger partial charge in [-0.15, -0.1) is 0 Å². The summed E-state index contributed by atoms with van der Waals surface area (Å²) in [6.45, 7) is 1.03. The molecule has 0 radical (unpaired) electrons. The highest BCUT2D eigenvalue weighted by Gasteiger charge is 1.95. The summed E-state index contributed by atoms with van der Waals surface area (Å²) in [5.74, 6) is 0.652. The number of nitrogens with one attached hydrogen (secondary N) is 2. The number of nitrogens with two attached hydrogens (primary N) is 1. The highest BCUT2D eigenvalue weighted by atomic mass is 16.1. The molecule has 0 saturated carbocycles. The van der Waals surface area contributed by atoms with Gasteiger partial charge in [0.1, 0.15) is 5.82 Å². The molecule has 5 heteroatoms. The molecule has 1 amide bonds. The first kappa shape index (κ1) is 9.73. The number of rotatable bonds is 6. The van der Waals surface area contributed by atoms with E-state index in [4.69, 9.17) is 5.73 Å². The van der Waals surface area contributed by atoms with E-state index >= 15 is 0 Å². The predicted octanol–water partition coefficient (Wildman–Crippen LogP) is -0.583. The van der Waals surface area contributed by atoms with Crippen LogP contribution in [0, 0.1) is 0 Å². The number of amides is 1. The fourth-order valence-electron chi connectivity index (χ4n) is 1.03. The van der Waals surface area contributed by atoms with Crippen molar-refractivity contribution in [2.24, 2.45) is 5.73 Å². The molecule has 1 aromatic heterocycles. The average molecular weight is 182 g/mol. The maximum Gasteiger partial charge on any atom is 0.231 e. The Hall–Kier alpha value is -1.36. The second-order valence-corrected chi connectivity index (χ2v) is 2.78. The normalized spacial score (nSPS) is 10.2. The Morgan fingerprint density at radius 2 is 2.54 bits per heavy atom. The Morgan fingerprint density at radius 1 is 1.69 bits per heavy atom. The lowest BCUT2D eigenvalue weighted by Crippen LogP contribution is -2.29. The molecule has 0 aromatic carbocycles. The molecule has 1 aromatic rings. The molecule has 0 aliphatic carbocycles. The van der Waals surface area contributed by atoms with Gasteiger partial charge in [-0.05, 0) is 13.0 Å². The fourth-order valence-corrected chi connectivity index (χ4v) is 1.03. The second-order valence-electron chi connectivity index (χ2n) is 2.78. The van der Waals surface area contributed by atoms with Gasteiger partial charge in [0.2, 0.25) is 5.91 Å². The van der Waals surface area contributed by atoms with Crippen molar-refractivity contribution >= 4 is 5.91 Å². The van der Waals surface area contributed by atoms with Crippen LogP contribution in [0.3, 0.4) is 0 Å². The Bertz CT molecular complexity index is 245. The van der Waals surface area contributed by atoms with Crippen LogP contribution in [-0.4, -0.2) is 29.0 Å². The molecule has 0 bridgehead atoms. The number of hydrogen-bond donors (Lipinski definition) is 3. The lowest BCUT2D eigenvalue weighted by atomic mass is 10.3. The fraction of sp³-hybridized carbons (Fsp3) is 0.500. The third-order valence-electron chi connectivity index (χ3n) is 1.62. The van der Waals surface area contributed by atoms with Gasteiger partial charge < -0.3 is 16.0 Å². The van der Waals surface area contributed by atoms with Crippen molar-refractivity contribution in [3.8, 4) is 0 Å². The van der Waals surface area contributed by atoms with Crippen LogP contribution in [0.5, 0.6) is 0 Å². The molecule has 0 spiro atoms. The molecule has 1 rings (SSSR count). The number of H-pyrrole nitrogens is 1. The lowest BCUT2D eigenvalue weighted by molar-refractivity contribution is -0.117. The minimum absolute atomic E-state index is 0.248. The van der Waals surface area contributed by atoms with Crippen molar-refractivity contribution in [2.45, 2.75) is 12.8 Å². The molecule has 72 valence electrons. The van der Waals surface area contributed by atoms with Gasteiger partial charge in [0.15, 0.2) is 0 Å². The number of imidazole rings is 1. The quantitative estimate of drug-likeness (QED) is 0.514. The number of aryl methyl sites for hydroxylation is 1. The number of aromatic amines is 1. The molecule has 0 aliphatic heterocycles. The number of carbonyl (C=O) groups excluding carboxylic acids is 1. The molecule has 0 unspecified atom stereocenters. The van der Waals surface area contributed by atoms with Gasteiger partial charge in [0.25, 0.3) is 0 Å². The molecular weight excluding hydrogens is 168 g/mol. The third kappa shape index (κ3) is 4.27. The van der Waals surface area contributed by atoms with Gasteiger partial charge in [-0.3, -0.25) is 4.79 Å². The van der Waals surface area contributed by atoms with E-state index in [1.54, 1.807) is 12.4 Å². The summed E-state index contributed by atoms with van der Waals surface area (Å²) in [6, 6.07) is 0. The zero-order valence-corrected chi connectivity index (χ0v) is 7.42. The van der Waals surface area contributed by atoms with Crippen LogP contribution in [-0.2, 0) is 11.2 Å². The van der Waals surface area contributed by atoms with Crippen molar-refractivity contribution < 1.29 is 4.79 Å². The molecule has 0 aliphatic rings. The van der Waals surface area contributed by atoms with Crippen molar-refractivity contribution in [3.63, 3.8) is 0 Å². The van der Waals surface area contributed by atoms with Gasteiger partial charge in [-0.25, -0.2) is 4.98 Å². The van der Waals surface area contributed by atoms with E-state index in [0.717, 1.165) is 25.2 Å². The van der Waals surface area contributed by atoms with Gasteiger partial charge in [-0.2, -0.15) is 0 Å². The Morgan fingerprint density at radius 3 is 3.15 bits per heavy atom. The second kappa shape index (κ2) is 5.31. The minimum Gasteiger partial charge on any atom is -0.369 e. The predicted molar refractivity (Wildman–Crippen MR) is 49.0 cm³/mol. The smallest absolute Gasteiger partial charge is 0.231 e. The zero-order valence-electron chi connectivity index (χ0n) is 7.42. The molecule has 1 heterocycles. The maximum absolute atomic E-state index is 10.3. The average Bonchev–Trinajstić information content (AvgIpc) is 2.55. The van der Waals surface area contributed by atoms with E-state index in [1.807, 2.05) is 0 Å². The molecule has 13 heavy (non-hydrogen) atoms. The summed E-state index contributed by atoms with van der Waals surface area (Å²) in [5.41, 5.74) is 4.95. The molecule has 0 atom stereocenters. The molecule has 5 nitrogen and oxygen atoms in total. The van der Waals surface area contributed by atoms with E-state index in [0.29, 0.717) is 0 Å². The topological polar surface area (TPSA) is 83.8 Å². The number of hydrogen-bond acceptors (Lipinski definition) is 3. The lowest BCUT2D eigenvalue weighted by Gasteiger charge is -1.99. The van der Waals surface area contributed by atoms with Crippen molar-refractivity contribution in [3.05, 3.63) is 18.2 Å². The Balaban J connectivity index is 1.99. The summed E-state index contributed by atoms with van der Waals surface area (Å²) >= 11 is 0. The summed E-state index contributed by atoms with van der Waals surface area (Å²) in [6.07, 6.45) is 5.36. The van der Waals surface area contributed by atoms with Crippen molar-refractivity contribution in [1.29, 1.82) is 0 Å². The van der Waals surface area contributed by atoms with Crippen LogP contribution in [0.15, 0.2) is 12.4 Å². The highest BCUT2D eigenvalue weighted by molar-refractivity contribution is 5.75. The van der Waals surface area contributed by atoms with Crippen LogP contribution >= 0.6 is 0 Å². The first-order valence-electron chi connectivity index (χ1n) is 4.26. The molecule has 0 fully saturated rings. The first-order valence-corrected chi connectivity index (χ1v) is 4.26. The van der Waals surface area contributed by atoms with Crippen LogP contribution in [0.2, 0.25) is 0 Å². The van der Waals surface area contributed by atoms with E-state index in [-0.39, 0.29) is 12.5 Å². The SMILES string of the molecule is NC(=O)CNCCCc1ncc[nH]1. The maximum atomic E-state index is 10.3. The molecule has 0 saturated heterocycles. The van der Waals surface area contributed by atoms with E-state index in [1.165, 1.54) is 0 Å². The van der Waals surface area contributed by atoms with E-state index < -0.39 is 0 Å². The van der Waals surface area contributed by atoms with Gasteiger partial charge in [-0.1, -0.05) is 0 Å². The van der Waals surface area contributed by atoms with Crippen molar-refractivity contribution in [1.82, 2.24) is 15.3 Å². The molecular formula is C8H14N4O. The standard InChI is InChI=1S/C8H14N4O/c9-7(13)6-10-3-1-2-8-11-4-5-12-8/h4-5,10H,1-3,6H2,(H2,9,13)(H,11,12). The monoisotopic (exact) mass is 182 g/mol. The highest BCUT2D eigenvalue weighted by Crippen LogP contribution is 1.92. The van der Waals surface area contributed by atoms with Crippen molar-refractivity contribution in [2.75, 3.05) is 13.1 Å². The number of carbonyl (C=O) groups is 1. The number of primary amides is 1. The number of nitrogens with zero attached hydrogens (tertiary/aromatic N) is 1. The Labute approximate surface area is 76.7 Å². The Kier molecular flexibility index (Phi) is 3.98. The summed E-state index contributed by atoms with van der Waals surface area (Å²) in [5, 5.41) is 2.93. The summed E-state index contributed by atoms with van der Waals surface area (Å²) in [4.78, 5) is 17.4. The minimum atomic E-state index is -0.321. The van der Waals surface area contributed by atoms with Gasteiger partial charge in [0, 0.05) is 18.8 Å². The summed E-state index contributed by atoms with van der Waals surface area (Å²) in [7, 11) is 0. The number of aromatic nitrogens is 2. The van der Waals surface area contributed by atoms with Gasteiger partial charge >= 0.3 is 0 Å². The largest absolute Gasteiger partial charge is 0.369 e.